The lowest BCUT2D eigenvalue weighted by Gasteiger charge is -2.00. The van der Waals surface area contributed by atoms with Crippen molar-refractivity contribution < 1.29 is 9.84 Å². The maximum Gasteiger partial charge on any atom is 0.0821 e. The Hall–Kier alpha value is -0.0800. The summed E-state index contributed by atoms with van der Waals surface area (Å²) in [6, 6.07) is 0. The molecule has 1 aliphatic rings. The normalized spacial score (nSPS) is 42.0. The van der Waals surface area contributed by atoms with E-state index in [4.69, 9.17) is 9.84 Å². The van der Waals surface area contributed by atoms with Gasteiger partial charge in [-0.3, -0.25) is 0 Å². The first-order chi connectivity index (χ1) is 3.30. The van der Waals surface area contributed by atoms with E-state index in [1.54, 1.807) is 0 Å². The van der Waals surface area contributed by atoms with Gasteiger partial charge in [0, 0.05) is 5.92 Å². The molecule has 0 bridgehead atoms. The summed E-state index contributed by atoms with van der Waals surface area (Å²) in [5, 5.41) is 8.87. The number of ether oxygens (including phenoxy) is 1. The molecule has 0 aromatic rings. The molecule has 2 atom stereocenters. The van der Waals surface area contributed by atoms with Crippen molar-refractivity contribution in [3.63, 3.8) is 0 Å². The summed E-state index contributed by atoms with van der Waals surface area (Å²) in [6.07, 6.45) is -0.208. The molecule has 7 heavy (non-hydrogen) atoms. The molecule has 2 heteroatoms. The van der Waals surface area contributed by atoms with E-state index < -0.39 is 0 Å². The lowest BCUT2D eigenvalue weighted by molar-refractivity contribution is 0.120. The molecule has 1 fully saturated rings. The van der Waals surface area contributed by atoms with Crippen molar-refractivity contribution in [1.82, 2.24) is 0 Å². The van der Waals surface area contributed by atoms with Gasteiger partial charge in [0.25, 0.3) is 0 Å². The molecule has 1 saturated heterocycles. The summed E-state index contributed by atoms with van der Waals surface area (Å²) in [6.45, 7) is 3.24. The van der Waals surface area contributed by atoms with Crippen LogP contribution in [0.3, 0.4) is 0 Å². The molecule has 0 spiro atoms. The largest absolute Gasteiger partial charge is 0.390 e. The van der Waals surface area contributed by atoms with Crippen molar-refractivity contribution in [3.8, 4) is 0 Å². The van der Waals surface area contributed by atoms with Crippen molar-refractivity contribution >= 4 is 0 Å². The van der Waals surface area contributed by atoms with Crippen molar-refractivity contribution in [2.75, 3.05) is 13.2 Å². The smallest absolute Gasteiger partial charge is 0.0821 e. The molecule has 0 aromatic heterocycles. The second kappa shape index (κ2) is 1.80. The molecule has 1 heterocycles. The molecule has 1 rings (SSSR count). The standard InChI is InChI=1S/C5H10O2/c1-4-2-7-3-5(4)6/h4-6H,2-3H2,1H3/t4?,5-/m1/s1. The predicted molar refractivity (Wildman–Crippen MR) is 26.0 cm³/mol. The number of rotatable bonds is 0. The van der Waals surface area contributed by atoms with Gasteiger partial charge in [0.15, 0.2) is 0 Å². The Balaban J connectivity index is 2.33. The molecule has 0 amide bonds. The van der Waals surface area contributed by atoms with E-state index in [9.17, 15) is 0 Å². The van der Waals surface area contributed by atoms with Crippen LogP contribution in [-0.4, -0.2) is 24.4 Å². The molecule has 42 valence electrons. The van der Waals surface area contributed by atoms with Crippen LogP contribution in [0.25, 0.3) is 0 Å². The second-order valence-corrected chi connectivity index (χ2v) is 2.08. The first-order valence-electron chi connectivity index (χ1n) is 2.56. The maximum absolute atomic E-state index is 8.87. The molecule has 0 aliphatic carbocycles. The highest BCUT2D eigenvalue weighted by Crippen LogP contribution is 2.10. The van der Waals surface area contributed by atoms with Gasteiger partial charge in [0.05, 0.1) is 19.3 Å². The fourth-order valence-corrected chi connectivity index (χ4v) is 0.650. The van der Waals surface area contributed by atoms with Crippen LogP contribution in [0.4, 0.5) is 0 Å². The van der Waals surface area contributed by atoms with Gasteiger partial charge in [0.1, 0.15) is 0 Å². The van der Waals surface area contributed by atoms with Crippen LogP contribution in [-0.2, 0) is 4.74 Å². The van der Waals surface area contributed by atoms with Crippen LogP contribution < -0.4 is 0 Å². The minimum atomic E-state index is -0.208. The fourth-order valence-electron chi connectivity index (χ4n) is 0.650. The number of hydrogen-bond donors (Lipinski definition) is 1. The first-order valence-corrected chi connectivity index (χ1v) is 2.56. The Morgan fingerprint density at radius 2 is 2.29 bits per heavy atom. The zero-order chi connectivity index (χ0) is 5.28. The molecule has 0 radical (unpaired) electrons. The zero-order valence-corrected chi connectivity index (χ0v) is 4.42. The minimum absolute atomic E-state index is 0.208. The van der Waals surface area contributed by atoms with Gasteiger partial charge in [-0.2, -0.15) is 0 Å². The van der Waals surface area contributed by atoms with E-state index in [0.29, 0.717) is 12.5 Å². The quantitative estimate of drug-likeness (QED) is 0.467. The molecule has 1 N–H and O–H groups in total. The van der Waals surface area contributed by atoms with E-state index >= 15 is 0 Å². The highest BCUT2D eigenvalue weighted by molar-refractivity contribution is 4.68. The van der Waals surface area contributed by atoms with Gasteiger partial charge in [-0.25, -0.2) is 0 Å². The van der Waals surface area contributed by atoms with E-state index in [1.807, 2.05) is 6.92 Å². The minimum Gasteiger partial charge on any atom is -0.390 e. The molecule has 0 aromatic carbocycles. The molecule has 0 saturated carbocycles. The summed E-state index contributed by atoms with van der Waals surface area (Å²) in [5.74, 6) is 0.347. The topological polar surface area (TPSA) is 29.5 Å². The van der Waals surface area contributed by atoms with E-state index in [2.05, 4.69) is 0 Å². The molecule has 1 unspecified atom stereocenters. The fraction of sp³-hybridized carbons (Fsp3) is 1.00. The maximum atomic E-state index is 8.87. The summed E-state index contributed by atoms with van der Waals surface area (Å²) >= 11 is 0. The van der Waals surface area contributed by atoms with Crippen molar-refractivity contribution in [1.29, 1.82) is 0 Å². The second-order valence-electron chi connectivity index (χ2n) is 2.08. The molecule has 1 aliphatic heterocycles. The highest BCUT2D eigenvalue weighted by atomic mass is 16.5. The summed E-state index contributed by atoms with van der Waals surface area (Å²) in [5.41, 5.74) is 0. The summed E-state index contributed by atoms with van der Waals surface area (Å²) in [4.78, 5) is 0. The van der Waals surface area contributed by atoms with Crippen molar-refractivity contribution in [2.45, 2.75) is 13.0 Å². The van der Waals surface area contributed by atoms with E-state index in [-0.39, 0.29) is 6.10 Å². The predicted octanol–water partition coefficient (Wildman–Crippen LogP) is 0.0136. The van der Waals surface area contributed by atoms with Gasteiger partial charge < -0.3 is 9.84 Å². The number of aliphatic hydroxyl groups excluding tert-OH is 1. The highest BCUT2D eigenvalue weighted by Gasteiger charge is 2.20. The van der Waals surface area contributed by atoms with Crippen LogP contribution in [0, 0.1) is 5.92 Å². The van der Waals surface area contributed by atoms with Crippen LogP contribution >= 0.6 is 0 Å². The lowest BCUT2D eigenvalue weighted by Crippen LogP contribution is -2.13. The van der Waals surface area contributed by atoms with Gasteiger partial charge >= 0.3 is 0 Å². The van der Waals surface area contributed by atoms with Gasteiger partial charge in [-0.05, 0) is 0 Å². The Morgan fingerprint density at radius 1 is 1.57 bits per heavy atom. The first kappa shape index (κ1) is 5.06. The van der Waals surface area contributed by atoms with Gasteiger partial charge in [-0.15, -0.1) is 0 Å². The molecular formula is C5H10O2. The Kier molecular flexibility index (Phi) is 1.30. The van der Waals surface area contributed by atoms with Crippen LogP contribution in [0.5, 0.6) is 0 Å². The summed E-state index contributed by atoms with van der Waals surface area (Å²) < 4.78 is 4.92. The van der Waals surface area contributed by atoms with Crippen LogP contribution in [0.15, 0.2) is 0 Å². The van der Waals surface area contributed by atoms with Crippen LogP contribution in [0.1, 0.15) is 6.92 Å². The van der Waals surface area contributed by atoms with E-state index in [1.165, 1.54) is 0 Å². The van der Waals surface area contributed by atoms with Gasteiger partial charge in [0.2, 0.25) is 0 Å². The molecular weight excluding hydrogens is 92.1 g/mol. The Labute approximate surface area is 43.1 Å². The third-order valence-corrected chi connectivity index (χ3v) is 1.33. The number of hydrogen-bond acceptors (Lipinski definition) is 2. The van der Waals surface area contributed by atoms with Crippen molar-refractivity contribution in [2.24, 2.45) is 5.92 Å². The van der Waals surface area contributed by atoms with E-state index in [0.717, 1.165) is 6.61 Å². The Bertz CT molecular complexity index is 55.1. The third kappa shape index (κ3) is 0.924. The average Bonchev–Trinajstić information content (AvgIpc) is 1.91. The Morgan fingerprint density at radius 3 is 2.43 bits per heavy atom. The van der Waals surface area contributed by atoms with Crippen LogP contribution in [0.2, 0.25) is 0 Å². The average molecular weight is 102 g/mol. The zero-order valence-electron chi connectivity index (χ0n) is 4.42. The van der Waals surface area contributed by atoms with Gasteiger partial charge in [-0.1, -0.05) is 6.92 Å². The van der Waals surface area contributed by atoms with Crippen molar-refractivity contribution in [3.05, 3.63) is 0 Å². The SMILES string of the molecule is CC1COC[C@H]1O. The number of aliphatic hydroxyl groups is 1. The summed E-state index contributed by atoms with van der Waals surface area (Å²) in [7, 11) is 0. The third-order valence-electron chi connectivity index (χ3n) is 1.33. The molecule has 2 nitrogen and oxygen atoms in total. The lowest BCUT2D eigenvalue weighted by atomic mass is 10.1. The monoisotopic (exact) mass is 102 g/mol.